The van der Waals surface area contributed by atoms with Gasteiger partial charge in [-0.25, -0.2) is 0 Å². The highest BCUT2D eigenvalue weighted by atomic mass is 16.2. The summed E-state index contributed by atoms with van der Waals surface area (Å²) in [6.45, 7) is 5.94. The molecule has 0 aromatic heterocycles. The van der Waals surface area contributed by atoms with Crippen LogP contribution in [0.15, 0.2) is 18.2 Å². The predicted molar refractivity (Wildman–Crippen MR) is 85.5 cm³/mol. The molecule has 2 N–H and O–H groups in total. The zero-order valence-corrected chi connectivity index (χ0v) is 13.2. The number of anilines is 1. The normalized spacial score (nSPS) is 25.1. The van der Waals surface area contributed by atoms with Crippen molar-refractivity contribution in [3.05, 3.63) is 29.3 Å². The van der Waals surface area contributed by atoms with Gasteiger partial charge in [0.2, 0.25) is 11.8 Å². The molecule has 0 spiro atoms. The molecule has 1 aromatic carbocycles. The van der Waals surface area contributed by atoms with Gasteiger partial charge in [0.25, 0.3) is 0 Å². The summed E-state index contributed by atoms with van der Waals surface area (Å²) in [4.78, 5) is 28.6. The van der Waals surface area contributed by atoms with Crippen molar-refractivity contribution >= 4 is 17.5 Å². The summed E-state index contributed by atoms with van der Waals surface area (Å²) in [5.74, 6) is -0.662. The second-order valence-corrected chi connectivity index (χ2v) is 6.43. The Bertz CT molecular complexity index is 614. The Morgan fingerprint density at radius 3 is 2.59 bits per heavy atom. The summed E-state index contributed by atoms with van der Waals surface area (Å²) in [5.41, 5.74) is 9.11. The van der Waals surface area contributed by atoms with E-state index >= 15 is 0 Å². The molecule has 1 aromatic rings. The molecule has 5 heteroatoms. The summed E-state index contributed by atoms with van der Waals surface area (Å²) >= 11 is 0. The van der Waals surface area contributed by atoms with E-state index in [4.69, 9.17) is 5.73 Å². The van der Waals surface area contributed by atoms with Crippen molar-refractivity contribution in [1.82, 2.24) is 4.90 Å². The van der Waals surface area contributed by atoms with Gasteiger partial charge in [0.1, 0.15) is 5.92 Å². The van der Waals surface area contributed by atoms with E-state index in [0.29, 0.717) is 26.1 Å². The van der Waals surface area contributed by atoms with Crippen molar-refractivity contribution in [3.63, 3.8) is 0 Å². The zero-order valence-electron chi connectivity index (χ0n) is 13.2. The quantitative estimate of drug-likeness (QED) is 0.835. The van der Waals surface area contributed by atoms with Gasteiger partial charge >= 0.3 is 0 Å². The number of amides is 2. The maximum atomic E-state index is 12.6. The Kier molecular flexibility index (Phi) is 3.91. The lowest BCUT2D eigenvalue weighted by Crippen LogP contribution is -2.40. The first-order valence-electron chi connectivity index (χ1n) is 7.90. The number of carbonyl (C=O) groups is 2. The van der Waals surface area contributed by atoms with Crippen LogP contribution in [0.25, 0.3) is 0 Å². The van der Waals surface area contributed by atoms with Crippen LogP contribution in [0.1, 0.15) is 24.0 Å². The average Bonchev–Trinajstić information content (AvgIpc) is 3.08. The summed E-state index contributed by atoms with van der Waals surface area (Å²) in [7, 11) is 0. The van der Waals surface area contributed by atoms with Gasteiger partial charge in [0, 0.05) is 31.4 Å². The third-order valence-corrected chi connectivity index (χ3v) is 4.84. The van der Waals surface area contributed by atoms with Crippen LogP contribution < -0.4 is 10.6 Å². The van der Waals surface area contributed by atoms with Gasteiger partial charge in [0.15, 0.2) is 0 Å². The summed E-state index contributed by atoms with van der Waals surface area (Å²) < 4.78 is 0. The van der Waals surface area contributed by atoms with Crippen LogP contribution in [0.3, 0.4) is 0 Å². The average molecular weight is 301 g/mol. The van der Waals surface area contributed by atoms with Gasteiger partial charge in [-0.2, -0.15) is 0 Å². The molecule has 0 aliphatic carbocycles. The maximum Gasteiger partial charge on any atom is 0.239 e. The molecule has 0 saturated carbocycles. The summed E-state index contributed by atoms with van der Waals surface area (Å²) in [6, 6.07) is 6.05. The van der Waals surface area contributed by atoms with Crippen molar-refractivity contribution in [3.8, 4) is 0 Å². The number of benzene rings is 1. The third kappa shape index (κ3) is 2.61. The van der Waals surface area contributed by atoms with Crippen LogP contribution in [0.2, 0.25) is 0 Å². The van der Waals surface area contributed by atoms with E-state index in [1.54, 1.807) is 9.80 Å². The highest BCUT2D eigenvalue weighted by Gasteiger charge is 2.40. The lowest BCUT2D eigenvalue weighted by Gasteiger charge is -2.21. The van der Waals surface area contributed by atoms with Crippen LogP contribution in [0.5, 0.6) is 0 Å². The molecule has 2 amide bonds. The number of hydrogen-bond donors (Lipinski definition) is 1. The maximum absolute atomic E-state index is 12.6. The molecule has 0 unspecified atom stereocenters. The Balaban J connectivity index is 1.74. The molecule has 2 aliphatic heterocycles. The molecule has 0 bridgehead atoms. The smallest absolute Gasteiger partial charge is 0.239 e. The fourth-order valence-corrected chi connectivity index (χ4v) is 3.27. The van der Waals surface area contributed by atoms with Crippen LogP contribution in [-0.2, 0) is 9.59 Å². The summed E-state index contributed by atoms with van der Waals surface area (Å²) in [6.07, 6.45) is 1.42. The molecule has 118 valence electrons. The third-order valence-electron chi connectivity index (χ3n) is 4.84. The molecule has 2 heterocycles. The highest BCUT2D eigenvalue weighted by molar-refractivity contribution is 6.09. The van der Waals surface area contributed by atoms with Crippen molar-refractivity contribution in [1.29, 1.82) is 0 Å². The topological polar surface area (TPSA) is 66.6 Å². The lowest BCUT2D eigenvalue weighted by molar-refractivity contribution is -0.139. The largest absolute Gasteiger partial charge is 0.340 e. The molecule has 3 rings (SSSR count). The van der Waals surface area contributed by atoms with E-state index in [1.165, 1.54) is 5.56 Å². The Hall–Kier alpha value is -1.88. The minimum Gasteiger partial charge on any atom is -0.340 e. The second-order valence-electron chi connectivity index (χ2n) is 6.43. The SMILES string of the molecule is Cc1ccc(N2CC[C@H](C(=O)N3CC[C@H](N)C3)C2=O)cc1C. The van der Waals surface area contributed by atoms with E-state index in [-0.39, 0.29) is 17.9 Å². The van der Waals surface area contributed by atoms with Gasteiger partial charge < -0.3 is 15.5 Å². The number of hydrogen-bond acceptors (Lipinski definition) is 3. The first-order chi connectivity index (χ1) is 10.5. The zero-order chi connectivity index (χ0) is 15.9. The number of likely N-dealkylation sites (tertiary alicyclic amines) is 1. The molecule has 2 atom stereocenters. The van der Waals surface area contributed by atoms with Crippen molar-refractivity contribution in [2.75, 3.05) is 24.5 Å². The molecule has 22 heavy (non-hydrogen) atoms. The van der Waals surface area contributed by atoms with Crippen molar-refractivity contribution in [2.45, 2.75) is 32.7 Å². The van der Waals surface area contributed by atoms with Gasteiger partial charge in [-0.05, 0) is 49.9 Å². The first kappa shape index (κ1) is 15.0. The number of nitrogens with two attached hydrogens (primary N) is 1. The standard InChI is InChI=1S/C17H23N3O2/c1-11-3-4-14(9-12(11)2)20-8-6-15(17(20)22)16(21)19-7-5-13(18)10-19/h3-4,9,13,15H,5-8,10,18H2,1-2H3/t13-,15+/m0/s1. The molecule has 2 aliphatic rings. The number of nitrogens with zero attached hydrogens (tertiary/aromatic N) is 2. The van der Waals surface area contributed by atoms with Gasteiger partial charge in [-0.15, -0.1) is 0 Å². The molecular formula is C17H23N3O2. The molecule has 2 saturated heterocycles. The molecule has 2 fully saturated rings. The minimum absolute atomic E-state index is 0.0516. The van der Waals surface area contributed by atoms with Crippen molar-refractivity contribution in [2.24, 2.45) is 11.7 Å². The Morgan fingerprint density at radius 2 is 1.95 bits per heavy atom. The predicted octanol–water partition coefficient (Wildman–Crippen LogP) is 1.22. The lowest BCUT2D eigenvalue weighted by atomic mass is 10.1. The number of rotatable bonds is 2. The van der Waals surface area contributed by atoms with E-state index in [9.17, 15) is 9.59 Å². The highest BCUT2D eigenvalue weighted by Crippen LogP contribution is 2.28. The van der Waals surface area contributed by atoms with Crippen LogP contribution in [0, 0.1) is 19.8 Å². The van der Waals surface area contributed by atoms with Crippen LogP contribution in [0.4, 0.5) is 5.69 Å². The monoisotopic (exact) mass is 301 g/mol. The molecule has 0 radical (unpaired) electrons. The first-order valence-corrected chi connectivity index (χ1v) is 7.90. The second kappa shape index (κ2) is 5.72. The summed E-state index contributed by atoms with van der Waals surface area (Å²) in [5, 5.41) is 0. The Labute approximate surface area is 131 Å². The van der Waals surface area contributed by atoms with E-state index in [1.807, 2.05) is 32.0 Å². The fourth-order valence-electron chi connectivity index (χ4n) is 3.27. The number of carbonyl (C=O) groups excluding carboxylic acids is 2. The van der Waals surface area contributed by atoms with Crippen LogP contribution in [-0.4, -0.2) is 42.4 Å². The van der Waals surface area contributed by atoms with Gasteiger partial charge in [-0.3, -0.25) is 9.59 Å². The van der Waals surface area contributed by atoms with E-state index in [0.717, 1.165) is 17.7 Å². The molecular weight excluding hydrogens is 278 g/mol. The van der Waals surface area contributed by atoms with Crippen molar-refractivity contribution < 1.29 is 9.59 Å². The van der Waals surface area contributed by atoms with E-state index in [2.05, 4.69) is 0 Å². The van der Waals surface area contributed by atoms with Gasteiger partial charge in [-0.1, -0.05) is 6.07 Å². The number of aryl methyl sites for hydroxylation is 2. The van der Waals surface area contributed by atoms with Crippen LogP contribution >= 0.6 is 0 Å². The molecule has 5 nitrogen and oxygen atoms in total. The minimum atomic E-state index is -0.535. The van der Waals surface area contributed by atoms with E-state index < -0.39 is 5.92 Å². The Morgan fingerprint density at radius 1 is 1.18 bits per heavy atom. The fraction of sp³-hybridized carbons (Fsp3) is 0.529. The van der Waals surface area contributed by atoms with Gasteiger partial charge in [0.05, 0.1) is 0 Å².